The molecule has 0 bridgehead atoms. The third-order valence-corrected chi connectivity index (χ3v) is 17.9. The van der Waals surface area contributed by atoms with Gasteiger partial charge < -0.3 is 9.13 Å². The molecule has 0 amide bonds. The van der Waals surface area contributed by atoms with Crippen molar-refractivity contribution in [2.75, 3.05) is 0 Å². The molecule has 13 aromatic carbocycles. The van der Waals surface area contributed by atoms with Crippen molar-refractivity contribution in [1.29, 1.82) is 5.26 Å². The Bertz CT molecular complexity index is 5830. The fourth-order valence-electron chi connectivity index (χ4n) is 13.2. The SMILES string of the molecule is [C-]#[N+]c1ccc(-c2ccc3c(c2)c2ccccc2n3-c2ccc(-c3cccc(-c4cc(-c5nc(-c6ccccc6)nc(-c6ccccc6)n5)cc(-n5c6ccccc6c6cc(-c7ccc(C#N)cc7)ccc65)c4)c3)cc2-c2nc(-c3ccccc3)nc(-c3ccccc3)n2)cc1. The topological polar surface area (TPSA) is 115 Å². The van der Waals surface area contributed by atoms with Crippen molar-refractivity contribution in [1.82, 2.24) is 39.0 Å². The Hall–Kier alpha value is -13.5. The van der Waals surface area contributed by atoms with Crippen LogP contribution in [0.1, 0.15) is 5.56 Å². The highest BCUT2D eigenvalue weighted by Gasteiger charge is 2.23. The molecule has 10 nitrogen and oxygen atoms in total. The zero-order chi connectivity index (χ0) is 64.1. The van der Waals surface area contributed by atoms with Gasteiger partial charge in [-0.15, -0.1) is 0 Å². The van der Waals surface area contributed by atoms with Gasteiger partial charge in [-0.05, 0) is 129 Å². The van der Waals surface area contributed by atoms with Crippen LogP contribution in [-0.4, -0.2) is 39.0 Å². The van der Waals surface area contributed by atoms with Crippen LogP contribution >= 0.6 is 0 Å². The summed E-state index contributed by atoms with van der Waals surface area (Å²) in [5.74, 6) is 3.31. The first-order chi connectivity index (χ1) is 47.4. The number of nitrogens with zero attached hydrogens (tertiary/aromatic N) is 10. The molecule has 4 heterocycles. The van der Waals surface area contributed by atoms with E-state index in [9.17, 15) is 5.26 Å². The Morgan fingerprint density at radius 1 is 0.271 bits per heavy atom. The lowest BCUT2D eigenvalue weighted by Crippen LogP contribution is -2.04. The van der Waals surface area contributed by atoms with Crippen molar-refractivity contribution in [3.63, 3.8) is 0 Å². The van der Waals surface area contributed by atoms with E-state index in [-0.39, 0.29) is 0 Å². The van der Waals surface area contributed by atoms with E-state index in [4.69, 9.17) is 36.5 Å². The number of aromatic nitrogens is 8. The van der Waals surface area contributed by atoms with Crippen LogP contribution in [0.25, 0.3) is 173 Å². The van der Waals surface area contributed by atoms with Gasteiger partial charge in [0, 0.05) is 60.6 Å². The summed E-state index contributed by atoms with van der Waals surface area (Å²) in [6.45, 7) is 7.59. The lowest BCUT2D eigenvalue weighted by molar-refractivity contribution is 1.06. The van der Waals surface area contributed by atoms with Crippen molar-refractivity contribution >= 4 is 49.3 Å². The molecule has 0 unspecified atom stereocenters. The van der Waals surface area contributed by atoms with Crippen molar-refractivity contribution in [3.8, 4) is 130 Å². The highest BCUT2D eigenvalue weighted by molar-refractivity contribution is 6.12. The second kappa shape index (κ2) is 23.9. The van der Waals surface area contributed by atoms with Crippen LogP contribution in [0.3, 0.4) is 0 Å². The molecule has 0 saturated carbocycles. The number of hydrogen-bond acceptors (Lipinski definition) is 7. The summed E-state index contributed by atoms with van der Waals surface area (Å²) in [6, 6.07) is 111. The lowest BCUT2D eigenvalue weighted by atomic mass is 9.95. The molecule has 0 N–H and O–H groups in total. The minimum Gasteiger partial charge on any atom is -0.309 e. The van der Waals surface area contributed by atoms with Crippen molar-refractivity contribution in [3.05, 3.63) is 332 Å². The highest BCUT2D eigenvalue weighted by atomic mass is 15.1. The summed E-state index contributed by atoms with van der Waals surface area (Å²) in [5.41, 5.74) is 20.3. The Balaban J connectivity index is 0.876. The van der Waals surface area contributed by atoms with Gasteiger partial charge in [-0.3, -0.25) is 0 Å². The van der Waals surface area contributed by atoms with Crippen LogP contribution in [0.4, 0.5) is 5.69 Å². The molecule has 17 aromatic rings. The summed E-state index contributed by atoms with van der Waals surface area (Å²) < 4.78 is 4.68. The number of nitriles is 1. The maximum atomic E-state index is 9.63. The molecule has 0 aliphatic rings. The molecule has 0 spiro atoms. The van der Waals surface area contributed by atoms with Crippen molar-refractivity contribution < 1.29 is 0 Å². The van der Waals surface area contributed by atoms with Crippen LogP contribution in [0.2, 0.25) is 0 Å². The zero-order valence-corrected chi connectivity index (χ0v) is 51.5. The predicted molar refractivity (Wildman–Crippen MR) is 387 cm³/mol. The number of rotatable bonds is 12. The minimum atomic E-state index is 0.521. The molecule has 0 saturated heterocycles. The molecule has 0 radical (unpaired) electrons. The van der Waals surface area contributed by atoms with Gasteiger partial charge in [0.25, 0.3) is 0 Å². The van der Waals surface area contributed by atoms with E-state index < -0.39 is 0 Å². The smallest absolute Gasteiger partial charge is 0.187 e. The fourth-order valence-corrected chi connectivity index (χ4v) is 13.2. The molecule has 0 aliphatic carbocycles. The van der Waals surface area contributed by atoms with E-state index in [0.717, 1.165) is 133 Å². The van der Waals surface area contributed by atoms with E-state index >= 15 is 0 Å². The number of benzene rings is 13. The van der Waals surface area contributed by atoms with E-state index in [1.165, 1.54) is 0 Å². The van der Waals surface area contributed by atoms with Crippen LogP contribution in [0.5, 0.6) is 0 Å². The Labute approximate surface area is 553 Å². The van der Waals surface area contributed by atoms with E-state index in [1.54, 1.807) is 0 Å². The minimum absolute atomic E-state index is 0.521. The molecular formula is C86H52N10. The Morgan fingerprint density at radius 3 is 1.15 bits per heavy atom. The third kappa shape index (κ3) is 10.4. The van der Waals surface area contributed by atoms with Crippen LogP contribution in [-0.2, 0) is 0 Å². The van der Waals surface area contributed by atoms with Crippen LogP contribution < -0.4 is 0 Å². The summed E-state index contributed by atoms with van der Waals surface area (Å²) in [6.07, 6.45) is 0. The van der Waals surface area contributed by atoms with Gasteiger partial charge in [0.1, 0.15) is 0 Å². The average Bonchev–Trinajstić information content (AvgIpc) is 1.37. The quantitative estimate of drug-likeness (QED) is 0.112. The third-order valence-electron chi connectivity index (χ3n) is 17.9. The molecular weight excluding hydrogens is 1170 g/mol. The highest BCUT2D eigenvalue weighted by Crippen LogP contribution is 2.43. The predicted octanol–water partition coefficient (Wildman–Crippen LogP) is 21.3. The summed E-state index contributed by atoms with van der Waals surface area (Å²) in [7, 11) is 0. The van der Waals surface area contributed by atoms with Crippen LogP contribution in [0.15, 0.2) is 315 Å². The fraction of sp³-hybridized carbons (Fsp3) is 0. The van der Waals surface area contributed by atoms with E-state index in [0.29, 0.717) is 46.2 Å². The summed E-state index contributed by atoms with van der Waals surface area (Å²) in [5, 5.41) is 14.0. The molecule has 96 heavy (non-hydrogen) atoms. The number of para-hydroxylation sites is 2. The molecule has 0 fully saturated rings. The molecule has 4 aromatic heterocycles. The second-order valence-corrected chi connectivity index (χ2v) is 23.7. The normalized spacial score (nSPS) is 11.3. The maximum absolute atomic E-state index is 9.63. The van der Waals surface area contributed by atoms with Crippen molar-refractivity contribution in [2.24, 2.45) is 0 Å². The molecule has 17 rings (SSSR count). The monoisotopic (exact) mass is 1220 g/mol. The average molecular weight is 1230 g/mol. The first-order valence-electron chi connectivity index (χ1n) is 31.7. The standard InChI is InChI=1S/C86H52N10/c1-88-69-42-37-57(38-43-69)65-40-45-79-74(52-65)72-30-15-17-32-77(72)96(79)80-46-41-66(53-75(80)86-93-83(60-23-10-4-11-24-60)90-84(94-86)61-25-12-5-13-26-61)62-27-18-28-63(47-62)67-48-68(85-91-81(58-19-6-2-7-20-58)89-82(92-85)59-21-8-3-9-22-59)50-70(49-67)95-76-31-16-14-29-71(76)73-51-64(39-44-78(73)95)56-35-33-55(54-87)34-36-56/h2-53H. The van der Waals surface area contributed by atoms with E-state index in [2.05, 4.69) is 166 Å². The van der Waals surface area contributed by atoms with Gasteiger partial charge >= 0.3 is 0 Å². The zero-order valence-electron chi connectivity index (χ0n) is 51.5. The molecule has 0 atom stereocenters. The summed E-state index contributed by atoms with van der Waals surface area (Å²) >= 11 is 0. The first-order valence-corrected chi connectivity index (χ1v) is 31.7. The first kappa shape index (κ1) is 56.4. The molecule has 10 heteroatoms. The van der Waals surface area contributed by atoms with Gasteiger partial charge in [-0.25, -0.2) is 34.7 Å². The largest absolute Gasteiger partial charge is 0.309 e. The maximum Gasteiger partial charge on any atom is 0.187 e. The van der Waals surface area contributed by atoms with Gasteiger partial charge in [0.15, 0.2) is 40.6 Å². The van der Waals surface area contributed by atoms with Crippen LogP contribution in [0, 0.1) is 17.9 Å². The molecule has 446 valence electrons. The number of hydrogen-bond donors (Lipinski definition) is 0. The number of fused-ring (bicyclic) bond motifs is 6. The van der Waals surface area contributed by atoms with Gasteiger partial charge in [0.05, 0.1) is 46.0 Å². The lowest BCUT2D eigenvalue weighted by Gasteiger charge is -2.17. The summed E-state index contributed by atoms with van der Waals surface area (Å²) in [4.78, 5) is 35.3. The van der Waals surface area contributed by atoms with Gasteiger partial charge in [-0.1, -0.05) is 231 Å². The van der Waals surface area contributed by atoms with E-state index in [1.807, 2.05) is 170 Å². The van der Waals surface area contributed by atoms with Gasteiger partial charge in [-0.2, -0.15) is 5.26 Å². The Morgan fingerprint density at radius 2 is 0.635 bits per heavy atom. The molecule has 0 aliphatic heterocycles. The second-order valence-electron chi connectivity index (χ2n) is 23.7. The van der Waals surface area contributed by atoms with Crippen molar-refractivity contribution in [2.45, 2.75) is 0 Å². The van der Waals surface area contributed by atoms with Gasteiger partial charge in [0.2, 0.25) is 0 Å². The Kier molecular flexibility index (Phi) is 14.1.